The molecule has 172 valence electrons. The number of hydrogen-bond acceptors (Lipinski definition) is 10. The Bertz CT molecular complexity index is 1070. The van der Waals surface area contributed by atoms with Gasteiger partial charge in [0.2, 0.25) is 0 Å². The number of hydrogen-bond donors (Lipinski definition) is 3. The van der Waals surface area contributed by atoms with Crippen LogP contribution in [0, 0.1) is 0 Å². The standard InChI is InChI=1S/C19H21Cl2N5O4S2/c1-2-29-17-15(26-6-12(24-25-26)13-8-31-19(22)23-13)16(28)14(7-27)30-18(17)32-9-3-4-10(20)11(21)5-9/h3-6,8,14-18,27-28H,2,7H2,1H3,(H2,22,23)/t14?,15?,16-,17-,18+/m0/s1. The predicted octanol–water partition coefficient (Wildman–Crippen LogP) is 3.11. The molecule has 2 unspecified atom stereocenters. The topological polar surface area (TPSA) is 129 Å². The van der Waals surface area contributed by atoms with Gasteiger partial charge in [0.15, 0.2) is 5.13 Å². The number of halogens is 2. The number of aromatic nitrogens is 4. The van der Waals surface area contributed by atoms with Gasteiger partial charge in [0.05, 0.1) is 22.8 Å². The number of aliphatic hydroxyl groups is 2. The van der Waals surface area contributed by atoms with Gasteiger partial charge in [-0.1, -0.05) is 40.2 Å². The van der Waals surface area contributed by atoms with Gasteiger partial charge in [-0.15, -0.1) is 16.4 Å². The number of benzene rings is 1. The van der Waals surface area contributed by atoms with E-state index in [9.17, 15) is 10.2 Å². The second-order valence-corrected chi connectivity index (χ2v) is 9.85. The maximum Gasteiger partial charge on any atom is 0.180 e. The van der Waals surface area contributed by atoms with Crippen LogP contribution in [0.1, 0.15) is 13.0 Å². The number of nitrogens with zero attached hydrogens (tertiary/aromatic N) is 4. The van der Waals surface area contributed by atoms with Crippen LogP contribution in [0.15, 0.2) is 34.7 Å². The average molecular weight is 518 g/mol. The van der Waals surface area contributed by atoms with E-state index in [1.165, 1.54) is 27.8 Å². The van der Waals surface area contributed by atoms with Gasteiger partial charge in [-0.3, -0.25) is 0 Å². The zero-order valence-corrected chi connectivity index (χ0v) is 20.0. The SMILES string of the molecule is CCO[C@H]1C(n2cc(-c3csc(N)n3)nn2)[C@@H](O)C(CO)O[C@@H]1Sc1ccc(Cl)c(Cl)c1. The Morgan fingerprint density at radius 3 is 2.78 bits per heavy atom. The van der Waals surface area contributed by atoms with Crippen LogP contribution >= 0.6 is 46.3 Å². The number of thiazole rings is 1. The Hall–Kier alpha value is -1.44. The lowest BCUT2D eigenvalue weighted by molar-refractivity contribution is -0.191. The highest BCUT2D eigenvalue weighted by atomic mass is 35.5. The highest BCUT2D eigenvalue weighted by Crippen LogP contribution is 2.41. The van der Waals surface area contributed by atoms with Crippen LogP contribution in [-0.2, 0) is 9.47 Å². The number of nitrogen functional groups attached to an aromatic ring is 1. The van der Waals surface area contributed by atoms with Gasteiger partial charge < -0.3 is 25.4 Å². The third-order valence-electron chi connectivity index (χ3n) is 4.93. The number of anilines is 1. The summed E-state index contributed by atoms with van der Waals surface area (Å²) in [4.78, 5) is 5.03. The van der Waals surface area contributed by atoms with Crippen LogP contribution < -0.4 is 5.73 Å². The molecule has 0 amide bonds. The number of nitrogens with two attached hydrogens (primary N) is 1. The number of ether oxygens (including phenoxy) is 2. The smallest absolute Gasteiger partial charge is 0.180 e. The largest absolute Gasteiger partial charge is 0.394 e. The van der Waals surface area contributed by atoms with Crippen molar-refractivity contribution in [2.75, 3.05) is 18.9 Å². The van der Waals surface area contributed by atoms with Gasteiger partial charge in [0.25, 0.3) is 0 Å². The highest BCUT2D eigenvalue weighted by molar-refractivity contribution is 7.99. The minimum atomic E-state index is -1.09. The normalized spacial score (nSPS) is 25.8. The minimum Gasteiger partial charge on any atom is -0.394 e. The molecule has 0 aliphatic carbocycles. The van der Waals surface area contributed by atoms with Crippen molar-refractivity contribution in [1.29, 1.82) is 0 Å². The van der Waals surface area contributed by atoms with E-state index in [-0.39, 0.29) is 6.61 Å². The third-order valence-corrected chi connectivity index (χ3v) is 7.48. The first-order chi connectivity index (χ1) is 15.4. The van der Waals surface area contributed by atoms with E-state index in [0.717, 1.165) is 4.90 Å². The van der Waals surface area contributed by atoms with E-state index in [0.29, 0.717) is 33.2 Å². The van der Waals surface area contributed by atoms with Crippen LogP contribution in [0.25, 0.3) is 11.4 Å². The summed E-state index contributed by atoms with van der Waals surface area (Å²) in [6, 6.07) is 4.58. The molecule has 32 heavy (non-hydrogen) atoms. The van der Waals surface area contributed by atoms with Crippen LogP contribution in [0.5, 0.6) is 0 Å². The fourth-order valence-electron chi connectivity index (χ4n) is 3.46. The van der Waals surface area contributed by atoms with Gasteiger partial charge in [0, 0.05) is 16.9 Å². The van der Waals surface area contributed by atoms with Crippen molar-refractivity contribution in [1.82, 2.24) is 20.0 Å². The van der Waals surface area contributed by atoms with Crippen molar-refractivity contribution in [2.45, 2.75) is 41.6 Å². The van der Waals surface area contributed by atoms with Crippen LogP contribution in [0.2, 0.25) is 10.0 Å². The Morgan fingerprint density at radius 1 is 1.31 bits per heavy atom. The van der Waals surface area contributed by atoms with Gasteiger partial charge in [-0.05, 0) is 25.1 Å². The zero-order chi connectivity index (χ0) is 22.8. The first kappa shape index (κ1) is 23.7. The average Bonchev–Trinajstić information content (AvgIpc) is 3.42. The molecule has 0 radical (unpaired) electrons. The number of thioether (sulfide) groups is 1. The second kappa shape index (κ2) is 10.2. The fraction of sp³-hybridized carbons (Fsp3) is 0.421. The molecule has 1 fully saturated rings. The molecular formula is C19H21Cl2N5O4S2. The molecule has 4 N–H and O–H groups in total. The van der Waals surface area contributed by atoms with E-state index in [2.05, 4.69) is 15.3 Å². The maximum atomic E-state index is 11.0. The summed E-state index contributed by atoms with van der Waals surface area (Å²) < 4.78 is 13.5. The first-order valence-electron chi connectivity index (χ1n) is 9.72. The molecule has 1 aliphatic heterocycles. The molecule has 4 rings (SSSR count). The quantitative estimate of drug-likeness (QED) is 0.432. The predicted molar refractivity (Wildman–Crippen MR) is 124 cm³/mol. The van der Waals surface area contributed by atoms with Crippen molar-refractivity contribution in [3.05, 3.63) is 39.8 Å². The third kappa shape index (κ3) is 4.90. The lowest BCUT2D eigenvalue weighted by atomic mass is 9.97. The van der Waals surface area contributed by atoms with Crippen LogP contribution in [0.4, 0.5) is 5.13 Å². The Balaban J connectivity index is 1.66. The van der Waals surface area contributed by atoms with Crippen molar-refractivity contribution >= 4 is 51.4 Å². The lowest BCUT2D eigenvalue weighted by Gasteiger charge is -2.43. The Morgan fingerprint density at radius 2 is 2.12 bits per heavy atom. The van der Waals surface area contributed by atoms with Crippen LogP contribution in [0.3, 0.4) is 0 Å². The summed E-state index contributed by atoms with van der Waals surface area (Å²) in [7, 11) is 0. The molecule has 1 aliphatic rings. The number of rotatable bonds is 7. The molecule has 1 saturated heterocycles. The van der Waals surface area contributed by atoms with Crippen LogP contribution in [-0.4, -0.2) is 67.2 Å². The molecule has 3 aromatic rings. The van der Waals surface area contributed by atoms with Crippen molar-refractivity contribution in [3.8, 4) is 11.4 Å². The maximum absolute atomic E-state index is 11.0. The first-order valence-corrected chi connectivity index (χ1v) is 12.2. The lowest BCUT2D eigenvalue weighted by Crippen LogP contribution is -2.55. The van der Waals surface area contributed by atoms with E-state index in [1.807, 2.05) is 13.0 Å². The highest BCUT2D eigenvalue weighted by Gasteiger charge is 2.47. The Kier molecular flexibility index (Phi) is 7.58. The van der Waals surface area contributed by atoms with Gasteiger partial charge >= 0.3 is 0 Å². The molecule has 0 saturated carbocycles. The summed E-state index contributed by atoms with van der Waals surface area (Å²) in [5.41, 5.74) is 6.26. The summed E-state index contributed by atoms with van der Waals surface area (Å²) in [6.07, 6.45) is -0.862. The Labute approximate surface area is 202 Å². The summed E-state index contributed by atoms with van der Waals surface area (Å²) in [5, 5.41) is 32.3. The molecular weight excluding hydrogens is 497 g/mol. The van der Waals surface area contributed by atoms with E-state index >= 15 is 0 Å². The molecule has 9 nitrogen and oxygen atoms in total. The van der Waals surface area contributed by atoms with Crippen molar-refractivity contribution < 1.29 is 19.7 Å². The van der Waals surface area contributed by atoms with Gasteiger partial charge in [0.1, 0.15) is 41.2 Å². The molecule has 13 heteroatoms. The summed E-state index contributed by atoms with van der Waals surface area (Å²) in [6.45, 7) is 1.86. The summed E-state index contributed by atoms with van der Waals surface area (Å²) in [5.74, 6) is 0. The minimum absolute atomic E-state index is 0.376. The monoisotopic (exact) mass is 517 g/mol. The van der Waals surface area contributed by atoms with E-state index in [1.54, 1.807) is 23.7 Å². The molecule has 0 spiro atoms. The van der Waals surface area contributed by atoms with Gasteiger partial charge in [-0.2, -0.15) is 0 Å². The zero-order valence-electron chi connectivity index (χ0n) is 16.8. The van der Waals surface area contributed by atoms with E-state index in [4.69, 9.17) is 38.4 Å². The summed E-state index contributed by atoms with van der Waals surface area (Å²) >= 11 is 14.9. The van der Waals surface area contributed by atoms with E-state index < -0.39 is 29.8 Å². The molecule has 1 aromatic carbocycles. The molecule has 0 bridgehead atoms. The molecule has 2 aromatic heterocycles. The fourth-order valence-corrected chi connectivity index (χ4v) is 5.55. The molecule has 5 atom stereocenters. The number of aliphatic hydroxyl groups excluding tert-OH is 2. The second-order valence-electron chi connectivity index (χ2n) is 6.98. The molecule has 3 heterocycles. The van der Waals surface area contributed by atoms with Crippen molar-refractivity contribution in [2.24, 2.45) is 0 Å². The van der Waals surface area contributed by atoms with Crippen molar-refractivity contribution in [3.63, 3.8) is 0 Å². The van der Waals surface area contributed by atoms with Gasteiger partial charge in [-0.25, -0.2) is 9.67 Å².